The van der Waals surface area contributed by atoms with E-state index in [4.69, 9.17) is 0 Å². The van der Waals surface area contributed by atoms with Crippen LogP contribution in [0, 0.1) is 0 Å². The highest BCUT2D eigenvalue weighted by Crippen LogP contribution is 2.28. The summed E-state index contributed by atoms with van der Waals surface area (Å²) in [5.41, 5.74) is 1.57. The minimum Gasteiger partial charge on any atom is -0.341 e. The minimum absolute atomic E-state index is 0.0463. The lowest BCUT2D eigenvalue weighted by atomic mass is 10.2. The molecule has 0 aliphatic carbocycles. The van der Waals surface area contributed by atoms with Crippen LogP contribution in [0.3, 0.4) is 0 Å². The Labute approximate surface area is 202 Å². The number of benzene rings is 2. The molecular formula is C24H19F2N7OS. The highest BCUT2D eigenvalue weighted by Gasteiger charge is 2.26. The zero-order valence-electron chi connectivity index (χ0n) is 18.4. The number of nitrogens with one attached hydrogen (secondary N) is 1. The van der Waals surface area contributed by atoms with Gasteiger partial charge in [-0.2, -0.15) is 13.5 Å². The van der Waals surface area contributed by atoms with Crippen molar-refractivity contribution < 1.29 is 13.6 Å². The second-order valence-electron chi connectivity index (χ2n) is 7.63. The number of carbonyl (C=O) groups excluding carboxylic acids is 1. The summed E-state index contributed by atoms with van der Waals surface area (Å²) in [5, 5.41) is 16.6. The van der Waals surface area contributed by atoms with Gasteiger partial charge in [-0.05, 0) is 47.0 Å². The van der Waals surface area contributed by atoms with Crippen LogP contribution in [0.4, 0.5) is 8.78 Å². The van der Waals surface area contributed by atoms with Crippen LogP contribution in [0.25, 0.3) is 34.2 Å². The summed E-state index contributed by atoms with van der Waals surface area (Å²) in [4.78, 5) is 18.7. The number of amides is 1. The maximum atomic E-state index is 13.9. The van der Waals surface area contributed by atoms with E-state index in [0.29, 0.717) is 16.9 Å². The highest BCUT2D eigenvalue weighted by atomic mass is 32.1. The predicted molar refractivity (Wildman–Crippen MR) is 129 cm³/mol. The van der Waals surface area contributed by atoms with Crippen molar-refractivity contribution >= 4 is 40.1 Å². The zero-order valence-corrected chi connectivity index (χ0v) is 19.2. The quantitative estimate of drug-likeness (QED) is 0.323. The highest BCUT2D eigenvalue weighted by molar-refractivity contribution is 7.10. The van der Waals surface area contributed by atoms with Gasteiger partial charge in [0.05, 0.1) is 17.1 Å². The molecule has 5 aromatic rings. The van der Waals surface area contributed by atoms with Crippen molar-refractivity contribution in [2.45, 2.75) is 19.5 Å². The molecule has 0 bridgehead atoms. The van der Waals surface area contributed by atoms with Crippen LogP contribution in [0.2, 0.25) is 0 Å². The van der Waals surface area contributed by atoms with E-state index in [0.717, 1.165) is 15.0 Å². The number of halogens is 2. The molecule has 3 aromatic heterocycles. The molecule has 11 heteroatoms. The number of carbonyl (C=O) groups is 1. The fraction of sp³-hybridized carbons (Fsp3) is 0.125. The molecular weight excluding hydrogens is 472 g/mol. The van der Waals surface area contributed by atoms with Gasteiger partial charge in [-0.1, -0.05) is 48.5 Å². The lowest BCUT2D eigenvalue weighted by Gasteiger charge is -2.17. The fourth-order valence-corrected chi connectivity index (χ4v) is 4.41. The minimum atomic E-state index is -2.82. The third-order valence-corrected chi connectivity index (χ3v) is 6.16. The third-order valence-electron chi connectivity index (χ3n) is 5.34. The lowest BCUT2D eigenvalue weighted by molar-refractivity contribution is -0.116. The maximum Gasteiger partial charge on any atom is 0.320 e. The molecule has 0 spiro atoms. The zero-order chi connectivity index (χ0) is 24.4. The summed E-state index contributed by atoms with van der Waals surface area (Å²) in [6.07, 6.45) is 1.66. The van der Waals surface area contributed by atoms with Gasteiger partial charge in [0.25, 0.3) is 5.91 Å². The Hall–Kier alpha value is -4.25. The molecule has 5 rings (SSSR count). The molecule has 35 heavy (non-hydrogen) atoms. The van der Waals surface area contributed by atoms with E-state index >= 15 is 0 Å². The molecule has 1 N–H and O–H groups in total. The van der Waals surface area contributed by atoms with Gasteiger partial charge in [0.1, 0.15) is 11.5 Å². The van der Waals surface area contributed by atoms with Crippen molar-refractivity contribution in [3.8, 4) is 11.4 Å². The standard InChI is InChI=1S/C24H19F2N7OS/c1-15(21-28-18-11-5-6-12-19(18)32(21)24(25)26)27-23(34)20(14-17-10-7-13-35-17)33-22(29-30-31-33)16-8-3-2-4-9-16/h2-15,24H,1H3,(H,27,34). The first-order valence-corrected chi connectivity index (χ1v) is 11.6. The number of thiophene rings is 1. The van der Waals surface area contributed by atoms with Crippen molar-refractivity contribution in [1.29, 1.82) is 0 Å². The number of nitrogens with zero attached hydrogens (tertiary/aromatic N) is 6. The van der Waals surface area contributed by atoms with E-state index in [2.05, 4.69) is 25.8 Å². The van der Waals surface area contributed by atoms with E-state index in [1.54, 1.807) is 37.3 Å². The van der Waals surface area contributed by atoms with Crippen molar-refractivity contribution in [3.05, 3.63) is 82.8 Å². The maximum absolute atomic E-state index is 13.9. The Morgan fingerprint density at radius 2 is 1.83 bits per heavy atom. The Bertz CT molecular complexity index is 1490. The van der Waals surface area contributed by atoms with Crippen molar-refractivity contribution in [2.24, 2.45) is 0 Å². The smallest absolute Gasteiger partial charge is 0.320 e. The molecule has 0 saturated carbocycles. The Kier molecular flexibility index (Phi) is 6.15. The predicted octanol–water partition coefficient (Wildman–Crippen LogP) is 5.02. The van der Waals surface area contributed by atoms with Crippen LogP contribution in [0.5, 0.6) is 0 Å². The molecule has 1 unspecified atom stereocenters. The first kappa shape index (κ1) is 22.5. The normalized spacial score (nSPS) is 12.9. The number of tetrazole rings is 1. The number of hydrogen-bond donors (Lipinski definition) is 1. The Balaban J connectivity index is 1.53. The monoisotopic (exact) mass is 491 g/mol. The summed E-state index contributed by atoms with van der Waals surface area (Å²) < 4.78 is 30.0. The molecule has 0 radical (unpaired) electrons. The van der Waals surface area contributed by atoms with Crippen molar-refractivity contribution in [2.75, 3.05) is 0 Å². The molecule has 0 aliphatic rings. The number of imidazole rings is 1. The lowest BCUT2D eigenvalue weighted by Crippen LogP contribution is -2.31. The van der Waals surface area contributed by atoms with Gasteiger partial charge < -0.3 is 5.32 Å². The largest absolute Gasteiger partial charge is 0.341 e. The number of fused-ring (bicyclic) bond motifs is 1. The van der Waals surface area contributed by atoms with Crippen LogP contribution in [-0.4, -0.2) is 35.7 Å². The van der Waals surface area contributed by atoms with Crippen LogP contribution in [0.15, 0.2) is 72.1 Å². The molecule has 8 nitrogen and oxygen atoms in total. The second-order valence-corrected chi connectivity index (χ2v) is 8.61. The number of hydrogen-bond acceptors (Lipinski definition) is 6. The average Bonchev–Trinajstić information content (AvgIpc) is 3.62. The van der Waals surface area contributed by atoms with Crippen LogP contribution in [-0.2, 0) is 4.79 Å². The molecule has 2 aromatic carbocycles. The van der Waals surface area contributed by atoms with Gasteiger partial charge in [-0.3, -0.25) is 9.36 Å². The van der Waals surface area contributed by atoms with Gasteiger partial charge in [0, 0.05) is 10.4 Å². The van der Waals surface area contributed by atoms with E-state index < -0.39 is 18.5 Å². The molecule has 3 heterocycles. The first-order valence-electron chi connectivity index (χ1n) is 10.7. The van der Waals surface area contributed by atoms with Gasteiger partial charge >= 0.3 is 6.55 Å². The van der Waals surface area contributed by atoms with Gasteiger partial charge in [-0.25, -0.2) is 4.98 Å². The number of rotatable bonds is 7. The van der Waals surface area contributed by atoms with E-state index in [1.165, 1.54) is 16.0 Å². The van der Waals surface area contributed by atoms with Crippen molar-refractivity contribution in [1.82, 2.24) is 35.1 Å². The van der Waals surface area contributed by atoms with Gasteiger partial charge in [0.15, 0.2) is 5.82 Å². The molecule has 176 valence electrons. The molecule has 0 aliphatic heterocycles. The fourth-order valence-electron chi connectivity index (χ4n) is 3.76. The molecule has 0 saturated heterocycles. The Morgan fingerprint density at radius 3 is 2.57 bits per heavy atom. The third kappa shape index (κ3) is 4.45. The van der Waals surface area contributed by atoms with E-state index in [-0.39, 0.29) is 11.5 Å². The number of aromatic nitrogens is 6. The second kappa shape index (κ2) is 9.55. The summed E-state index contributed by atoms with van der Waals surface area (Å²) in [7, 11) is 0. The summed E-state index contributed by atoms with van der Waals surface area (Å²) in [6, 6.07) is 18.7. The van der Waals surface area contributed by atoms with Crippen LogP contribution >= 0.6 is 11.3 Å². The van der Waals surface area contributed by atoms with E-state index in [1.807, 2.05) is 47.8 Å². The Morgan fingerprint density at radius 1 is 1.06 bits per heavy atom. The topological polar surface area (TPSA) is 90.5 Å². The van der Waals surface area contributed by atoms with Crippen LogP contribution in [0.1, 0.15) is 30.2 Å². The van der Waals surface area contributed by atoms with E-state index in [9.17, 15) is 13.6 Å². The van der Waals surface area contributed by atoms with Crippen molar-refractivity contribution in [3.63, 3.8) is 0 Å². The summed E-state index contributed by atoms with van der Waals surface area (Å²) >= 11 is 1.44. The first-order chi connectivity index (χ1) is 17.0. The summed E-state index contributed by atoms with van der Waals surface area (Å²) in [6.45, 7) is -1.21. The van der Waals surface area contributed by atoms with Crippen LogP contribution < -0.4 is 5.32 Å². The SMILES string of the molecule is CC(NC(=O)C(=Cc1cccs1)n1nnnc1-c1ccccc1)c1nc2ccccc2n1C(F)F. The molecule has 1 atom stereocenters. The number of alkyl halides is 2. The van der Waals surface area contributed by atoms with Gasteiger partial charge in [0.2, 0.25) is 0 Å². The molecule has 1 amide bonds. The number of para-hydroxylation sites is 2. The average molecular weight is 492 g/mol. The summed E-state index contributed by atoms with van der Waals surface area (Å²) in [5.74, 6) is -0.121. The van der Waals surface area contributed by atoms with Gasteiger partial charge in [-0.15, -0.1) is 16.4 Å². The molecule has 0 fully saturated rings.